The smallest absolute Gasteiger partial charge is 0.121 e. The Hall–Kier alpha value is -0.870. The highest BCUT2D eigenvalue weighted by Crippen LogP contribution is 2.04. The molecular formula is C9H16N4. The second-order valence-electron chi connectivity index (χ2n) is 3.43. The first kappa shape index (κ1) is 8.72. The lowest BCUT2D eigenvalue weighted by atomic mass is 10.2. The van der Waals surface area contributed by atoms with Crippen molar-refractivity contribution in [2.24, 2.45) is 0 Å². The van der Waals surface area contributed by atoms with Gasteiger partial charge in [-0.3, -0.25) is 5.43 Å². The van der Waals surface area contributed by atoms with Crippen LogP contribution in [-0.2, 0) is 6.54 Å². The maximum Gasteiger partial charge on any atom is 0.121 e. The normalized spacial score (nSPS) is 20.0. The molecule has 13 heavy (non-hydrogen) atoms. The fourth-order valence-corrected chi connectivity index (χ4v) is 1.62. The maximum absolute atomic E-state index is 4.20. The Morgan fingerprint density at radius 1 is 1.38 bits per heavy atom. The van der Waals surface area contributed by atoms with Crippen LogP contribution in [0.25, 0.3) is 0 Å². The second kappa shape index (κ2) is 4.39. The number of H-pyrrole nitrogens is 1. The van der Waals surface area contributed by atoms with E-state index in [-0.39, 0.29) is 0 Å². The van der Waals surface area contributed by atoms with Crippen molar-refractivity contribution < 1.29 is 0 Å². The summed E-state index contributed by atoms with van der Waals surface area (Å²) in [6.45, 7) is 3.11. The van der Waals surface area contributed by atoms with Crippen molar-refractivity contribution in [1.29, 1.82) is 0 Å². The largest absolute Gasteiger partial charge is 0.347 e. The molecule has 0 bridgehead atoms. The number of nitrogens with zero attached hydrogens (tertiary/aromatic N) is 2. The summed E-state index contributed by atoms with van der Waals surface area (Å²) in [6.07, 6.45) is 7.57. The van der Waals surface area contributed by atoms with Crippen LogP contribution in [0.3, 0.4) is 0 Å². The number of hydrazine groups is 1. The summed E-state index contributed by atoms with van der Waals surface area (Å²) < 4.78 is 0. The van der Waals surface area contributed by atoms with Crippen molar-refractivity contribution in [2.45, 2.75) is 25.8 Å². The van der Waals surface area contributed by atoms with E-state index in [2.05, 4.69) is 20.4 Å². The fourth-order valence-electron chi connectivity index (χ4n) is 1.62. The summed E-state index contributed by atoms with van der Waals surface area (Å²) >= 11 is 0. The van der Waals surface area contributed by atoms with E-state index in [0.29, 0.717) is 0 Å². The third kappa shape index (κ3) is 2.54. The summed E-state index contributed by atoms with van der Waals surface area (Å²) in [5, 5.41) is 2.24. The monoisotopic (exact) mass is 180 g/mol. The lowest BCUT2D eigenvalue weighted by Gasteiger charge is -2.18. The van der Waals surface area contributed by atoms with Gasteiger partial charge in [-0.05, 0) is 12.8 Å². The zero-order valence-electron chi connectivity index (χ0n) is 7.79. The minimum Gasteiger partial charge on any atom is -0.347 e. The van der Waals surface area contributed by atoms with Gasteiger partial charge in [-0.1, -0.05) is 6.42 Å². The zero-order valence-corrected chi connectivity index (χ0v) is 7.79. The van der Waals surface area contributed by atoms with Gasteiger partial charge in [0.2, 0.25) is 0 Å². The molecule has 72 valence electrons. The molecule has 1 aromatic rings. The molecule has 4 nitrogen and oxygen atoms in total. The highest BCUT2D eigenvalue weighted by Gasteiger charge is 2.09. The first-order valence-electron chi connectivity index (χ1n) is 4.92. The molecule has 0 saturated carbocycles. The topological polar surface area (TPSA) is 44.0 Å². The van der Waals surface area contributed by atoms with Crippen LogP contribution in [0.1, 0.15) is 25.1 Å². The van der Waals surface area contributed by atoms with Crippen molar-refractivity contribution in [3.05, 3.63) is 18.2 Å². The highest BCUT2D eigenvalue weighted by molar-refractivity contribution is 4.86. The van der Waals surface area contributed by atoms with E-state index in [0.717, 1.165) is 25.5 Å². The van der Waals surface area contributed by atoms with E-state index in [1.807, 2.05) is 6.20 Å². The van der Waals surface area contributed by atoms with Gasteiger partial charge in [0.05, 0.1) is 6.54 Å². The van der Waals surface area contributed by atoms with Gasteiger partial charge in [0, 0.05) is 25.5 Å². The second-order valence-corrected chi connectivity index (χ2v) is 3.43. The molecule has 1 saturated heterocycles. The molecule has 0 amide bonds. The fraction of sp³-hybridized carbons (Fsp3) is 0.667. The minimum absolute atomic E-state index is 0.882. The average Bonchev–Trinajstić information content (AvgIpc) is 2.49. The van der Waals surface area contributed by atoms with Crippen LogP contribution in [0.4, 0.5) is 0 Å². The molecule has 0 radical (unpaired) electrons. The molecule has 0 aliphatic carbocycles. The molecule has 2 N–H and O–H groups in total. The molecular weight excluding hydrogens is 164 g/mol. The van der Waals surface area contributed by atoms with Gasteiger partial charge in [0.1, 0.15) is 5.82 Å². The van der Waals surface area contributed by atoms with Crippen molar-refractivity contribution in [1.82, 2.24) is 20.4 Å². The third-order valence-corrected chi connectivity index (χ3v) is 2.34. The van der Waals surface area contributed by atoms with Crippen LogP contribution in [0.15, 0.2) is 12.4 Å². The standard InChI is InChI=1S/C9H16N4/c1-2-4-12-13(7-3-1)8-9-10-5-6-11-9/h5-6,12H,1-4,7-8H2,(H,10,11). The molecule has 2 heterocycles. The summed E-state index contributed by atoms with van der Waals surface area (Å²) in [7, 11) is 0. The number of hydrogen-bond donors (Lipinski definition) is 2. The molecule has 2 rings (SSSR count). The van der Waals surface area contributed by atoms with Crippen molar-refractivity contribution in [2.75, 3.05) is 13.1 Å². The van der Waals surface area contributed by atoms with E-state index in [4.69, 9.17) is 0 Å². The summed E-state index contributed by atoms with van der Waals surface area (Å²) in [5.41, 5.74) is 3.39. The van der Waals surface area contributed by atoms with Gasteiger partial charge in [0.25, 0.3) is 0 Å². The minimum atomic E-state index is 0.882. The van der Waals surface area contributed by atoms with Gasteiger partial charge in [-0.25, -0.2) is 9.99 Å². The van der Waals surface area contributed by atoms with E-state index < -0.39 is 0 Å². The van der Waals surface area contributed by atoms with Gasteiger partial charge >= 0.3 is 0 Å². The van der Waals surface area contributed by atoms with E-state index in [1.165, 1.54) is 19.3 Å². The molecule has 0 atom stereocenters. The number of imidazole rings is 1. The molecule has 1 fully saturated rings. The molecule has 1 aliphatic heterocycles. The maximum atomic E-state index is 4.20. The summed E-state index contributed by atoms with van der Waals surface area (Å²) in [6, 6.07) is 0. The van der Waals surface area contributed by atoms with Crippen LogP contribution in [0.5, 0.6) is 0 Å². The molecule has 0 unspecified atom stereocenters. The van der Waals surface area contributed by atoms with Gasteiger partial charge in [0.15, 0.2) is 0 Å². The molecule has 1 aliphatic rings. The quantitative estimate of drug-likeness (QED) is 0.710. The first-order chi connectivity index (χ1) is 6.45. The van der Waals surface area contributed by atoms with Crippen molar-refractivity contribution in [3.63, 3.8) is 0 Å². The number of aromatic amines is 1. The summed E-state index contributed by atoms with van der Waals surface area (Å²) in [5.74, 6) is 1.04. The lowest BCUT2D eigenvalue weighted by Crippen LogP contribution is -2.37. The average molecular weight is 180 g/mol. The Morgan fingerprint density at radius 3 is 3.23 bits per heavy atom. The van der Waals surface area contributed by atoms with E-state index in [9.17, 15) is 0 Å². The first-order valence-corrected chi connectivity index (χ1v) is 4.92. The van der Waals surface area contributed by atoms with Crippen LogP contribution >= 0.6 is 0 Å². The van der Waals surface area contributed by atoms with Gasteiger partial charge < -0.3 is 4.98 Å². The van der Waals surface area contributed by atoms with E-state index >= 15 is 0 Å². The Labute approximate surface area is 78.3 Å². The van der Waals surface area contributed by atoms with E-state index in [1.54, 1.807) is 6.20 Å². The van der Waals surface area contributed by atoms with Gasteiger partial charge in [-0.2, -0.15) is 0 Å². The Bertz CT molecular complexity index is 224. The molecule has 0 spiro atoms. The zero-order chi connectivity index (χ0) is 8.93. The molecule has 1 aromatic heterocycles. The Balaban J connectivity index is 1.86. The number of nitrogens with one attached hydrogen (secondary N) is 2. The lowest BCUT2D eigenvalue weighted by molar-refractivity contribution is 0.187. The van der Waals surface area contributed by atoms with Crippen molar-refractivity contribution >= 4 is 0 Å². The number of hydrogen-bond acceptors (Lipinski definition) is 3. The predicted molar refractivity (Wildman–Crippen MR) is 50.9 cm³/mol. The van der Waals surface area contributed by atoms with Gasteiger partial charge in [-0.15, -0.1) is 0 Å². The molecule has 4 heteroatoms. The number of aromatic nitrogens is 2. The van der Waals surface area contributed by atoms with Crippen LogP contribution in [0, 0.1) is 0 Å². The van der Waals surface area contributed by atoms with Crippen molar-refractivity contribution in [3.8, 4) is 0 Å². The van der Waals surface area contributed by atoms with Crippen LogP contribution < -0.4 is 5.43 Å². The Kier molecular flexibility index (Phi) is 2.94. The van der Waals surface area contributed by atoms with Crippen LogP contribution in [-0.4, -0.2) is 28.1 Å². The number of rotatable bonds is 2. The highest BCUT2D eigenvalue weighted by atomic mass is 15.5. The SMILES string of the molecule is c1c[nH]c(CN2CCCCCN2)n1. The van der Waals surface area contributed by atoms with Crippen LogP contribution in [0.2, 0.25) is 0 Å². The third-order valence-electron chi connectivity index (χ3n) is 2.34. The Morgan fingerprint density at radius 2 is 2.38 bits per heavy atom. The predicted octanol–water partition coefficient (Wildman–Crippen LogP) is 0.900. The molecule has 0 aromatic carbocycles. The summed E-state index contributed by atoms with van der Waals surface area (Å²) in [4.78, 5) is 7.32.